The maximum atomic E-state index is 11.7. The van der Waals surface area contributed by atoms with E-state index in [2.05, 4.69) is 20.5 Å². The number of rotatable bonds is 4. The number of benzene rings is 1. The number of carbonyl (C=O) groups excluding carboxylic acids is 1. The van der Waals surface area contributed by atoms with Gasteiger partial charge in [0, 0.05) is 51.1 Å². The summed E-state index contributed by atoms with van der Waals surface area (Å²) in [7, 11) is 3.13. The molecule has 2 heterocycles. The molecule has 0 aromatic heterocycles. The molecule has 2 fully saturated rings. The summed E-state index contributed by atoms with van der Waals surface area (Å²) >= 11 is 0. The Balaban J connectivity index is 1.67. The van der Waals surface area contributed by atoms with E-state index in [9.17, 15) is 14.9 Å². The van der Waals surface area contributed by atoms with Crippen LogP contribution in [0.25, 0.3) is 0 Å². The number of guanidine groups is 1. The fraction of sp³-hybridized carbons (Fsp3) is 0.556. The van der Waals surface area contributed by atoms with E-state index in [-0.39, 0.29) is 22.8 Å². The summed E-state index contributed by atoms with van der Waals surface area (Å²) in [5.41, 5.74) is 0.693. The zero-order chi connectivity index (χ0) is 19.4. The minimum Gasteiger partial charge on any atom is -0.490 e. The van der Waals surface area contributed by atoms with Crippen molar-refractivity contribution in [1.29, 1.82) is 0 Å². The molecule has 2 saturated heterocycles. The molecule has 27 heavy (non-hydrogen) atoms. The van der Waals surface area contributed by atoms with Crippen molar-refractivity contribution in [2.75, 3.05) is 33.8 Å². The summed E-state index contributed by atoms with van der Waals surface area (Å²) in [5, 5.41) is 17.4. The molecule has 146 valence electrons. The third-order valence-electron chi connectivity index (χ3n) is 5.26. The standard InChI is InChI=1S/C18H25N5O4/c1-19-17(22-7-3-6-18(12-22)9-16(24)21-11-18)20-10-13-4-5-15(27-2)14(8-13)23(25)26/h4-5,8H,3,6-7,9-12H2,1-2H3,(H,19,20)(H,21,24). The summed E-state index contributed by atoms with van der Waals surface area (Å²) in [6, 6.07) is 4.91. The van der Waals surface area contributed by atoms with Gasteiger partial charge in [-0.3, -0.25) is 19.9 Å². The van der Waals surface area contributed by atoms with Crippen LogP contribution in [-0.4, -0.2) is 55.5 Å². The Morgan fingerprint density at radius 1 is 1.52 bits per heavy atom. The number of hydrogen-bond acceptors (Lipinski definition) is 5. The molecule has 0 bridgehead atoms. The Hall–Kier alpha value is -2.84. The predicted octanol–water partition coefficient (Wildman–Crippen LogP) is 1.28. The number of ether oxygens (including phenoxy) is 1. The van der Waals surface area contributed by atoms with Crippen molar-refractivity contribution in [3.8, 4) is 5.75 Å². The maximum Gasteiger partial charge on any atom is 0.311 e. The average Bonchev–Trinajstić information content (AvgIpc) is 3.01. The highest BCUT2D eigenvalue weighted by Gasteiger charge is 2.42. The largest absolute Gasteiger partial charge is 0.490 e. The topological polar surface area (TPSA) is 109 Å². The molecule has 2 aliphatic rings. The number of nitro groups is 1. The average molecular weight is 375 g/mol. The van der Waals surface area contributed by atoms with Crippen LogP contribution in [0.4, 0.5) is 5.69 Å². The van der Waals surface area contributed by atoms with Crippen LogP contribution in [0, 0.1) is 15.5 Å². The van der Waals surface area contributed by atoms with Gasteiger partial charge in [0.1, 0.15) is 0 Å². The second-order valence-electron chi connectivity index (χ2n) is 7.14. The normalized spacial score (nSPS) is 22.7. The lowest BCUT2D eigenvalue weighted by atomic mass is 9.79. The van der Waals surface area contributed by atoms with Gasteiger partial charge in [-0.15, -0.1) is 0 Å². The Morgan fingerprint density at radius 3 is 2.96 bits per heavy atom. The fourth-order valence-corrected chi connectivity index (χ4v) is 3.93. The second kappa shape index (κ2) is 7.81. The van der Waals surface area contributed by atoms with Crippen LogP contribution >= 0.6 is 0 Å². The molecule has 1 amide bonds. The first-order chi connectivity index (χ1) is 13.0. The smallest absolute Gasteiger partial charge is 0.311 e. The zero-order valence-corrected chi connectivity index (χ0v) is 15.7. The van der Waals surface area contributed by atoms with Gasteiger partial charge in [-0.05, 0) is 24.5 Å². The van der Waals surface area contributed by atoms with Crippen LogP contribution in [0.5, 0.6) is 5.75 Å². The van der Waals surface area contributed by atoms with Gasteiger partial charge in [0.2, 0.25) is 5.91 Å². The highest BCUT2D eigenvalue weighted by Crippen LogP contribution is 2.36. The third-order valence-corrected chi connectivity index (χ3v) is 5.26. The van der Waals surface area contributed by atoms with Crippen molar-refractivity contribution in [1.82, 2.24) is 15.5 Å². The van der Waals surface area contributed by atoms with E-state index < -0.39 is 4.92 Å². The van der Waals surface area contributed by atoms with Crippen LogP contribution < -0.4 is 15.4 Å². The number of carbonyl (C=O) groups is 1. The Labute approximate surface area is 157 Å². The summed E-state index contributed by atoms with van der Waals surface area (Å²) in [6.07, 6.45) is 2.60. The minimum absolute atomic E-state index is 0.0220. The Morgan fingerprint density at radius 2 is 2.33 bits per heavy atom. The van der Waals surface area contributed by atoms with Gasteiger partial charge < -0.3 is 20.3 Å². The molecule has 2 aliphatic heterocycles. The van der Waals surface area contributed by atoms with Crippen LogP contribution in [-0.2, 0) is 11.3 Å². The molecule has 3 rings (SSSR count). The van der Waals surface area contributed by atoms with Crippen molar-refractivity contribution in [3.05, 3.63) is 33.9 Å². The third kappa shape index (κ3) is 4.12. The highest BCUT2D eigenvalue weighted by molar-refractivity contribution is 5.81. The summed E-state index contributed by atoms with van der Waals surface area (Å²) in [6.45, 7) is 2.77. The minimum atomic E-state index is -0.449. The molecule has 2 N–H and O–H groups in total. The number of nitrogens with zero attached hydrogens (tertiary/aromatic N) is 3. The van der Waals surface area contributed by atoms with Gasteiger partial charge in [-0.2, -0.15) is 0 Å². The lowest BCUT2D eigenvalue weighted by Gasteiger charge is -2.40. The number of nitrogens with one attached hydrogen (secondary N) is 2. The van der Waals surface area contributed by atoms with Crippen molar-refractivity contribution in [3.63, 3.8) is 0 Å². The molecule has 1 spiro atoms. The van der Waals surface area contributed by atoms with Gasteiger partial charge >= 0.3 is 5.69 Å². The van der Waals surface area contributed by atoms with Crippen LogP contribution in [0.3, 0.4) is 0 Å². The van der Waals surface area contributed by atoms with Crippen molar-refractivity contribution >= 4 is 17.6 Å². The number of methoxy groups -OCH3 is 1. The monoisotopic (exact) mass is 375 g/mol. The summed E-state index contributed by atoms with van der Waals surface area (Å²) in [4.78, 5) is 28.9. The number of likely N-dealkylation sites (tertiary alicyclic amines) is 1. The van der Waals surface area contributed by atoms with E-state index in [1.165, 1.54) is 13.2 Å². The lowest BCUT2D eigenvalue weighted by Crippen LogP contribution is -2.51. The Bertz CT molecular complexity index is 766. The van der Waals surface area contributed by atoms with Crippen molar-refractivity contribution in [2.45, 2.75) is 25.8 Å². The maximum absolute atomic E-state index is 11.7. The van der Waals surface area contributed by atoms with E-state index in [0.717, 1.165) is 37.5 Å². The number of piperidine rings is 1. The van der Waals surface area contributed by atoms with Gasteiger partial charge in [0.05, 0.1) is 12.0 Å². The van der Waals surface area contributed by atoms with Crippen molar-refractivity contribution < 1.29 is 14.5 Å². The first kappa shape index (κ1) is 18.9. The first-order valence-corrected chi connectivity index (χ1v) is 9.00. The van der Waals surface area contributed by atoms with Gasteiger partial charge in [-0.1, -0.05) is 6.07 Å². The molecule has 0 aliphatic carbocycles. The quantitative estimate of drug-likeness (QED) is 0.355. The predicted molar refractivity (Wildman–Crippen MR) is 101 cm³/mol. The molecule has 0 saturated carbocycles. The molecule has 9 nitrogen and oxygen atoms in total. The lowest BCUT2D eigenvalue weighted by molar-refractivity contribution is -0.385. The molecule has 1 atom stereocenters. The van der Waals surface area contributed by atoms with E-state index >= 15 is 0 Å². The van der Waals surface area contributed by atoms with Crippen LogP contribution in [0.1, 0.15) is 24.8 Å². The fourth-order valence-electron chi connectivity index (χ4n) is 3.93. The van der Waals surface area contributed by atoms with E-state index in [0.29, 0.717) is 19.5 Å². The van der Waals surface area contributed by atoms with Gasteiger partial charge in [0.25, 0.3) is 0 Å². The molecule has 1 unspecified atom stereocenters. The van der Waals surface area contributed by atoms with Crippen LogP contribution in [0.15, 0.2) is 23.2 Å². The molecular formula is C18H25N5O4. The van der Waals surface area contributed by atoms with E-state index in [1.807, 2.05) is 0 Å². The number of aliphatic imine (C=N–C) groups is 1. The summed E-state index contributed by atoms with van der Waals surface area (Å²) < 4.78 is 5.04. The first-order valence-electron chi connectivity index (χ1n) is 9.00. The molecule has 9 heteroatoms. The molecule has 0 radical (unpaired) electrons. The second-order valence-corrected chi connectivity index (χ2v) is 7.14. The van der Waals surface area contributed by atoms with E-state index in [1.54, 1.807) is 19.2 Å². The summed E-state index contributed by atoms with van der Waals surface area (Å²) in [5.74, 6) is 1.10. The molecule has 1 aromatic rings. The molecular weight excluding hydrogens is 350 g/mol. The van der Waals surface area contributed by atoms with Gasteiger partial charge in [-0.25, -0.2) is 0 Å². The molecule has 1 aromatic carbocycles. The van der Waals surface area contributed by atoms with Crippen LogP contribution in [0.2, 0.25) is 0 Å². The van der Waals surface area contributed by atoms with E-state index in [4.69, 9.17) is 4.74 Å². The Kier molecular flexibility index (Phi) is 5.48. The highest BCUT2D eigenvalue weighted by atomic mass is 16.6. The SMILES string of the molecule is CN=C(NCc1ccc(OC)c([N+](=O)[O-])c1)N1CCCC2(CNC(=O)C2)C1. The number of amides is 1. The zero-order valence-electron chi connectivity index (χ0n) is 15.7. The number of nitro benzene ring substituents is 1. The van der Waals surface area contributed by atoms with Gasteiger partial charge in [0.15, 0.2) is 11.7 Å². The number of hydrogen-bond donors (Lipinski definition) is 2. The van der Waals surface area contributed by atoms with Crippen molar-refractivity contribution in [2.24, 2.45) is 10.4 Å².